The van der Waals surface area contributed by atoms with Crippen molar-refractivity contribution in [1.82, 2.24) is 10.2 Å². The molecule has 2 aromatic rings. The molecule has 0 spiro atoms. The largest absolute Gasteiger partial charge is 0.494 e. The molecule has 0 aliphatic carbocycles. The Bertz CT molecular complexity index is 983. The summed E-state index contributed by atoms with van der Waals surface area (Å²) in [5, 5.41) is 2.76. The van der Waals surface area contributed by atoms with Gasteiger partial charge in [-0.2, -0.15) is 0 Å². The Kier molecular flexibility index (Phi) is 5.22. The Balaban J connectivity index is 1.36. The number of benzene rings is 2. The van der Waals surface area contributed by atoms with Crippen molar-refractivity contribution in [2.24, 2.45) is 0 Å². The van der Waals surface area contributed by atoms with Gasteiger partial charge in [0.25, 0.3) is 11.8 Å². The number of amides is 4. The van der Waals surface area contributed by atoms with Gasteiger partial charge in [-0.25, -0.2) is 0 Å². The molecule has 4 amide bonds. The van der Waals surface area contributed by atoms with Crippen molar-refractivity contribution >= 4 is 29.3 Å². The maximum Gasteiger partial charge on any atom is 0.262 e. The summed E-state index contributed by atoms with van der Waals surface area (Å²) in [6.07, 6.45) is 0.154. The summed E-state index contributed by atoms with van der Waals surface area (Å²) in [5.41, 5.74) is 1.32. The van der Waals surface area contributed by atoms with E-state index >= 15 is 0 Å². The quantitative estimate of drug-likeness (QED) is 0.734. The number of anilines is 1. The molecular formula is C22H21N3O5. The van der Waals surface area contributed by atoms with Gasteiger partial charge in [-0.15, -0.1) is 0 Å². The van der Waals surface area contributed by atoms with E-state index < -0.39 is 23.8 Å². The second kappa shape index (κ2) is 7.98. The normalized spacial score (nSPS) is 18.0. The molecular weight excluding hydrogens is 386 g/mol. The predicted octanol–water partition coefficient (Wildman–Crippen LogP) is 1.60. The number of nitrogens with one attached hydrogen (secondary N) is 1. The van der Waals surface area contributed by atoms with Crippen molar-refractivity contribution in [3.8, 4) is 5.75 Å². The molecule has 4 rings (SSSR count). The molecule has 1 unspecified atom stereocenters. The number of rotatable bonds is 6. The molecule has 2 aliphatic heterocycles. The first-order valence-corrected chi connectivity index (χ1v) is 9.75. The highest BCUT2D eigenvalue weighted by Crippen LogP contribution is 2.25. The zero-order chi connectivity index (χ0) is 21.3. The Morgan fingerprint density at radius 1 is 1.03 bits per heavy atom. The molecule has 0 bridgehead atoms. The van der Waals surface area contributed by atoms with E-state index in [9.17, 15) is 19.2 Å². The zero-order valence-electron chi connectivity index (χ0n) is 16.5. The van der Waals surface area contributed by atoms with Crippen LogP contribution in [0.15, 0.2) is 48.5 Å². The molecule has 2 heterocycles. The van der Waals surface area contributed by atoms with Gasteiger partial charge in [0.15, 0.2) is 0 Å². The summed E-state index contributed by atoms with van der Waals surface area (Å²) >= 11 is 0. The summed E-state index contributed by atoms with van der Waals surface area (Å²) < 4.78 is 5.41. The van der Waals surface area contributed by atoms with Crippen LogP contribution in [0.2, 0.25) is 0 Å². The lowest BCUT2D eigenvalue weighted by atomic mass is 10.1. The van der Waals surface area contributed by atoms with Crippen LogP contribution < -0.4 is 15.0 Å². The fourth-order valence-corrected chi connectivity index (χ4v) is 3.74. The number of hydrogen-bond acceptors (Lipinski definition) is 5. The number of imide groups is 1. The third-order valence-corrected chi connectivity index (χ3v) is 5.13. The van der Waals surface area contributed by atoms with E-state index in [-0.39, 0.29) is 18.9 Å². The monoisotopic (exact) mass is 407 g/mol. The van der Waals surface area contributed by atoms with E-state index in [1.165, 1.54) is 0 Å². The van der Waals surface area contributed by atoms with Gasteiger partial charge in [0.2, 0.25) is 11.8 Å². The van der Waals surface area contributed by atoms with Crippen LogP contribution in [0.1, 0.15) is 34.1 Å². The van der Waals surface area contributed by atoms with Gasteiger partial charge in [0.05, 0.1) is 23.8 Å². The minimum atomic E-state index is -0.482. The van der Waals surface area contributed by atoms with Crippen molar-refractivity contribution in [3.63, 3.8) is 0 Å². The van der Waals surface area contributed by atoms with E-state index in [0.717, 1.165) is 16.3 Å². The highest BCUT2D eigenvalue weighted by Gasteiger charge is 2.37. The third kappa shape index (κ3) is 3.63. The summed E-state index contributed by atoms with van der Waals surface area (Å²) in [4.78, 5) is 52.2. The summed E-state index contributed by atoms with van der Waals surface area (Å²) in [6.45, 7) is 2.40. The van der Waals surface area contributed by atoms with E-state index in [4.69, 9.17) is 4.74 Å². The lowest BCUT2D eigenvalue weighted by Crippen LogP contribution is -2.44. The topological polar surface area (TPSA) is 96.0 Å². The molecule has 8 heteroatoms. The number of carbonyl (C=O) groups is 4. The summed E-state index contributed by atoms with van der Waals surface area (Å²) in [6, 6.07) is 13.3. The van der Waals surface area contributed by atoms with Crippen molar-refractivity contribution in [1.29, 1.82) is 0 Å². The molecule has 0 radical (unpaired) electrons. The molecule has 2 aromatic carbocycles. The van der Waals surface area contributed by atoms with Gasteiger partial charge in [-0.3, -0.25) is 24.1 Å². The number of hydrogen-bond donors (Lipinski definition) is 1. The van der Waals surface area contributed by atoms with Gasteiger partial charge < -0.3 is 15.0 Å². The highest BCUT2D eigenvalue weighted by atomic mass is 16.5. The predicted molar refractivity (Wildman–Crippen MR) is 108 cm³/mol. The number of nitrogens with zero attached hydrogens (tertiary/aromatic N) is 2. The Morgan fingerprint density at radius 2 is 1.67 bits per heavy atom. The summed E-state index contributed by atoms with van der Waals surface area (Å²) in [5.74, 6) is -0.826. The molecule has 1 N–H and O–H groups in total. The van der Waals surface area contributed by atoms with E-state index in [1.54, 1.807) is 53.4 Å². The first-order chi connectivity index (χ1) is 14.5. The lowest BCUT2D eigenvalue weighted by Gasteiger charge is -2.19. The maximum absolute atomic E-state index is 12.5. The van der Waals surface area contributed by atoms with Gasteiger partial charge >= 0.3 is 0 Å². The lowest BCUT2D eigenvalue weighted by molar-refractivity contribution is -0.122. The second-order valence-electron chi connectivity index (χ2n) is 7.14. The minimum Gasteiger partial charge on any atom is -0.494 e. The Hall–Kier alpha value is -3.68. The smallest absolute Gasteiger partial charge is 0.262 e. The fraction of sp³-hybridized carbons (Fsp3) is 0.273. The first-order valence-electron chi connectivity index (χ1n) is 9.75. The van der Waals surface area contributed by atoms with Crippen LogP contribution in [0, 0.1) is 0 Å². The van der Waals surface area contributed by atoms with Crippen LogP contribution >= 0.6 is 0 Å². The highest BCUT2D eigenvalue weighted by molar-refractivity contribution is 6.22. The molecule has 154 valence electrons. The van der Waals surface area contributed by atoms with Crippen molar-refractivity contribution < 1.29 is 23.9 Å². The molecule has 0 saturated carbocycles. The van der Waals surface area contributed by atoms with E-state index in [2.05, 4.69) is 5.32 Å². The molecule has 0 aromatic heterocycles. The fourth-order valence-electron chi connectivity index (χ4n) is 3.74. The SMILES string of the molecule is CCOc1ccc(N2CC(NC(=O)CN3C(=O)c4ccccc4C3=O)CC2=O)cc1. The Morgan fingerprint density at radius 3 is 2.27 bits per heavy atom. The van der Waals surface area contributed by atoms with Gasteiger partial charge in [0, 0.05) is 18.7 Å². The maximum atomic E-state index is 12.5. The summed E-state index contributed by atoms with van der Waals surface area (Å²) in [7, 11) is 0. The first kappa shape index (κ1) is 19.6. The van der Waals surface area contributed by atoms with Crippen molar-refractivity contribution in [3.05, 3.63) is 59.7 Å². The number of ether oxygens (including phenoxy) is 1. The van der Waals surface area contributed by atoms with E-state index in [0.29, 0.717) is 24.3 Å². The molecule has 8 nitrogen and oxygen atoms in total. The average Bonchev–Trinajstić information content (AvgIpc) is 3.21. The van der Waals surface area contributed by atoms with Crippen LogP contribution in [0.4, 0.5) is 5.69 Å². The van der Waals surface area contributed by atoms with Gasteiger partial charge in [-0.1, -0.05) is 12.1 Å². The van der Waals surface area contributed by atoms with Crippen LogP contribution in [-0.4, -0.2) is 54.3 Å². The molecule has 30 heavy (non-hydrogen) atoms. The molecule has 2 aliphatic rings. The van der Waals surface area contributed by atoms with Gasteiger partial charge in [-0.05, 0) is 43.3 Å². The molecule has 1 atom stereocenters. The van der Waals surface area contributed by atoms with Crippen LogP contribution in [0.5, 0.6) is 5.75 Å². The molecule has 1 saturated heterocycles. The van der Waals surface area contributed by atoms with Crippen LogP contribution in [-0.2, 0) is 9.59 Å². The second-order valence-corrected chi connectivity index (χ2v) is 7.14. The van der Waals surface area contributed by atoms with Crippen LogP contribution in [0.25, 0.3) is 0 Å². The standard InChI is InChI=1S/C22H21N3O5/c1-2-30-16-9-7-15(8-10-16)24-12-14(11-20(24)27)23-19(26)13-25-21(28)17-5-3-4-6-18(17)22(25)29/h3-10,14H,2,11-13H2,1H3,(H,23,26). The molecule has 1 fully saturated rings. The Labute approximate surface area is 173 Å². The van der Waals surface area contributed by atoms with E-state index in [1.807, 2.05) is 6.92 Å². The van der Waals surface area contributed by atoms with Gasteiger partial charge in [0.1, 0.15) is 12.3 Å². The number of fused-ring (bicyclic) bond motifs is 1. The van der Waals surface area contributed by atoms with Crippen molar-refractivity contribution in [2.45, 2.75) is 19.4 Å². The zero-order valence-corrected chi connectivity index (χ0v) is 16.5. The average molecular weight is 407 g/mol. The van der Waals surface area contributed by atoms with Crippen LogP contribution in [0.3, 0.4) is 0 Å². The number of carbonyl (C=O) groups excluding carboxylic acids is 4. The minimum absolute atomic E-state index is 0.106. The third-order valence-electron chi connectivity index (χ3n) is 5.13. The van der Waals surface area contributed by atoms with Crippen molar-refractivity contribution in [2.75, 3.05) is 24.6 Å².